The molecule has 2 N–H and O–H groups in total. The molecular formula is C7H16O2. The smallest absolute Gasteiger partial charge is 0.0773 e. The van der Waals surface area contributed by atoms with E-state index in [0.717, 1.165) is 6.42 Å². The van der Waals surface area contributed by atoms with Crippen LogP contribution in [0.15, 0.2) is 0 Å². The lowest BCUT2D eigenvalue weighted by Crippen LogP contribution is -2.15. The lowest BCUT2D eigenvalue weighted by molar-refractivity contribution is 0.0757. The van der Waals surface area contributed by atoms with Gasteiger partial charge >= 0.3 is 0 Å². The second-order valence-electron chi connectivity index (χ2n) is 2.59. The molecule has 2 unspecified atom stereocenters. The van der Waals surface area contributed by atoms with Crippen LogP contribution in [-0.4, -0.2) is 22.9 Å². The lowest BCUT2D eigenvalue weighted by atomic mass is 10.0. The first-order valence-electron chi connectivity index (χ1n) is 3.49. The molecule has 0 aromatic carbocycles. The summed E-state index contributed by atoms with van der Waals surface area (Å²) in [5, 5.41) is 17.3. The summed E-state index contributed by atoms with van der Waals surface area (Å²) in [5.74, 6) is 0.521. The van der Waals surface area contributed by atoms with E-state index in [0.29, 0.717) is 12.3 Å². The van der Waals surface area contributed by atoms with Crippen molar-refractivity contribution in [3.05, 3.63) is 0 Å². The minimum atomic E-state index is -0.514. The average Bonchev–Trinajstić information content (AvgIpc) is 1.87. The average molecular weight is 132 g/mol. The molecule has 0 aromatic heterocycles. The van der Waals surface area contributed by atoms with E-state index in [2.05, 4.69) is 13.8 Å². The van der Waals surface area contributed by atoms with Gasteiger partial charge in [0.2, 0.25) is 0 Å². The van der Waals surface area contributed by atoms with E-state index in [4.69, 9.17) is 10.2 Å². The van der Waals surface area contributed by atoms with Crippen LogP contribution >= 0.6 is 0 Å². The molecule has 0 radical (unpaired) electrons. The van der Waals surface area contributed by atoms with Crippen LogP contribution in [0.4, 0.5) is 0 Å². The molecule has 0 rings (SSSR count). The van der Waals surface area contributed by atoms with Crippen molar-refractivity contribution in [2.24, 2.45) is 5.92 Å². The first-order chi connectivity index (χ1) is 4.20. The maximum Gasteiger partial charge on any atom is 0.0773 e. The van der Waals surface area contributed by atoms with E-state index in [1.165, 1.54) is 0 Å². The van der Waals surface area contributed by atoms with Gasteiger partial charge in [0, 0.05) is 0 Å². The maximum atomic E-state index is 8.91. The molecule has 0 heterocycles. The van der Waals surface area contributed by atoms with Crippen molar-refractivity contribution >= 4 is 0 Å². The molecular weight excluding hydrogens is 116 g/mol. The van der Waals surface area contributed by atoms with Gasteiger partial charge in [-0.25, -0.2) is 0 Å². The van der Waals surface area contributed by atoms with Crippen molar-refractivity contribution in [3.63, 3.8) is 0 Å². The van der Waals surface area contributed by atoms with E-state index in [1.54, 1.807) is 0 Å². The molecule has 2 nitrogen and oxygen atoms in total. The van der Waals surface area contributed by atoms with Crippen LogP contribution < -0.4 is 0 Å². The van der Waals surface area contributed by atoms with Gasteiger partial charge in [0.05, 0.1) is 12.7 Å². The zero-order chi connectivity index (χ0) is 7.28. The van der Waals surface area contributed by atoms with E-state index >= 15 is 0 Å². The predicted molar refractivity (Wildman–Crippen MR) is 37.2 cm³/mol. The van der Waals surface area contributed by atoms with Gasteiger partial charge in [-0.2, -0.15) is 0 Å². The van der Waals surface area contributed by atoms with Crippen LogP contribution in [-0.2, 0) is 0 Å². The third-order valence-electron chi connectivity index (χ3n) is 1.58. The summed E-state index contributed by atoms with van der Waals surface area (Å²) >= 11 is 0. The molecule has 0 saturated carbocycles. The molecule has 0 fully saturated rings. The number of hydrogen-bond acceptors (Lipinski definition) is 2. The first kappa shape index (κ1) is 8.92. The van der Waals surface area contributed by atoms with Gasteiger partial charge < -0.3 is 10.2 Å². The van der Waals surface area contributed by atoms with Crippen molar-refractivity contribution in [3.8, 4) is 0 Å². The van der Waals surface area contributed by atoms with Gasteiger partial charge in [-0.05, 0) is 12.3 Å². The highest BCUT2D eigenvalue weighted by molar-refractivity contribution is 4.57. The van der Waals surface area contributed by atoms with Gasteiger partial charge in [0.15, 0.2) is 0 Å². The van der Waals surface area contributed by atoms with Gasteiger partial charge in [-0.15, -0.1) is 0 Å². The van der Waals surface area contributed by atoms with Crippen LogP contribution in [0, 0.1) is 5.92 Å². The SMILES string of the molecule is CCC(C)CC(O)CO. The fraction of sp³-hybridized carbons (Fsp3) is 1.00. The summed E-state index contributed by atoms with van der Waals surface area (Å²) in [5.41, 5.74) is 0. The Morgan fingerprint density at radius 1 is 1.44 bits per heavy atom. The number of rotatable bonds is 4. The molecule has 0 aromatic rings. The Kier molecular flexibility index (Phi) is 4.72. The number of hydrogen-bond donors (Lipinski definition) is 2. The zero-order valence-corrected chi connectivity index (χ0v) is 6.17. The van der Waals surface area contributed by atoms with Crippen molar-refractivity contribution in [2.45, 2.75) is 32.8 Å². The molecule has 56 valence electrons. The van der Waals surface area contributed by atoms with Gasteiger partial charge in [-0.3, -0.25) is 0 Å². The Bertz CT molecular complexity index is 55.9. The summed E-state index contributed by atoms with van der Waals surface area (Å²) < 4.78 is 0. The topological polar surface area (TPSA) is 40.5 Å². The van der Waals surface area contributed by atoms with E-state index in [9.17, 15) is 0 Å². The molecule has 0 spiro atoms. The maximum absolute atomic E-state index is 8.91. The number of aliphatic hydroxyl groups excluding tert-OH is 2. The van der Waals surface area contributed by atoms with Crippen molar-refractivity contribution < 1.29 is 10.2 Å². The van der Waals surface area contributed by atoms with E-state index in [-0.39, 0.29) is 6.61 Å². The third-order valence-corrected chi connectivity index (χ3v) is 1.58. The lowest BCUT2D eigenvalue weighted by Gasteiger charge is -2.11. The minimum Gasteiger partial charge on any atom is -0.394 e. The Balaban J connectivity index is 3.22. The van der Waals surface area contributed by atoms with Crippen LogP contribution in [0.2, 0.25) is 0 Å². The summed E-state index contributed by atoms with van der Waals surface area (Å²) in [4.78, 5) is 0. The second-order valence-corrected chi connectivity index (χ2v) is 2.59. The fourth-order valence-electron chi connectivity index (χ4n) is 0.706. The minimum absolute atomic E-state index is 0.107. The zero-order valence-electron chi connectivity index (χ0n) is 6.17. The Labute approximate surface area is 56.5 Å². The molecule has 0 saturated heterocycles. The summed E-state index contributed by atoms with van der Waals surface area (Å²) in [6.45, 7) is 4.04. The third kappa shape index (κ3) is 4.43. The molecule has 0 aliphatic rings. The molecule has 0 aliphatic heterocycles. The van der Waals surface area contributed by atoms with Crippen molar-refractivity contribution in [1.29, 1.82) is 0 Å². The Hall–Kier alpha value is -0.0800. The van der Waals surface area contributed by atoms with Crippen molar-refractivity contribution in [2.75, 3.05) is 6.61 Å². The monoisotopic (exact) mass is 132 g/mol. The largest absolute Gasteiger partial charge is 0.394 e. The molecule has 9 heavy (non-hydrogen) atoms. The highest BCUT2D eigenvalue weighted by Crippen LogP contribution is 2.08. The van der Waals surface area contributed by atoms with Crippen LogP contribution in [0.25, 0.3) is 0 Å². The normalized spacial score (nSPS) is 17.3. The summed E-state index contributed by atoms with van der Waals surface area (Å²) in [7, 11) is 0. The molecule has 2 heteroatoms. The van der Waals surface area contributed by atoms with Gasteiger partial charge in [-0.1, -0.05) is 20.3 Å². The predicted octanol–water partition coefficient (Wildman–Crippen LogP) is 0.776. The number of aliphatic hydroxyl groups is 2. The fourth-order valence-corrected chi connectivity index (χ4v) is 0.706. The van der Waals surface area contributed by atoms with Gasteiger partial charge in [0.25, 0.3) is 0 Å². The Morgan fingerprint density at radius 2 is 2.00 bits per heavy atom. The highest BCUT2D eigenvalue weighted by Gasteiger charge is 2.05. The van der Waals surface area contributed by atoms with E-state index < -0.39 is 6.10 Å². The Morgan fingerprint density at radius 3 is 2.33 bits per heavy atom. The highest BCUT2D eigenvalue weighted by atomic mass is 16.3. The molecule has 0 bridgehead atoms. The van der Waals surface area contributed by atoms with Gasteiger partial charge in [0.1, 0.15) is 0 Å². The quantitative estimate of drug-likeness (QED) is 0.593. The summed E-state index contributed by atoms with van der Waals surface area (Å²) in [6.07, 6.45) is 1.27. The molecule has 0 amide bonds. The van der Waals surface area contributed by atoms with Crippen molar-refractivity contribution in [1.82, 2.24) is 0 Å². The van der Waals surface area contributed by atoms with Crippen LogP contribution in [0.5, 0.6) is 0 Å². The molecule has 0 aliphatic carbocycles. The van der Waals surface area contributed by atoms with Crippen LogP contribution in [0.3, 0.4) is 0 Å². The summed E-state index contributed by atoms with van der Waals surface area (Å²) in [6, 6.07) is 0. The van der Waals surface area contributed by atoms with Crippen LogP contribution in [0.1, 0.15) is 26.7 Å². The standard InChI is InChI=1S/C7H16O2/c1-3-6(2)4-7(9)5-8/h6-9H,3-5H2,1-2H3. The van der Waals surface area contributed by atoms with E-state index in [1.807, 2.05) is 0 Å². The second kappa shape index (κ2) is 4.77. The molecule has 2 atom stereocenters. The first-order valence-corrected chi connectivity index (χ1v) is 3.49.